The molecule has 0 unspecified atom stereocenters. The first-order valence-corrected chi connectivity index (χ1v) is 20.8. The van der Waals surface area contributed by atoms with E-state index in [0.29, 0.717) is 56.1 Å². The van der Waals surface area contributed by atoms with E-state index >= 15 is 0 Å². The minimum atomic E-state index is -1.64. The molecule has 297 valence electrons. The molecule has 1 radical (unpaired) electrons. The van der Waals surface area contributed by atoms with Crippen molar-refractivity contribution in [3.8, 4) is 16.9 Å². The van der Waals surface area contributed by atoms with Crippen LogP contribution in [0.5, 0.6) is 5.75 Å². The Morgan fingerprint density at radius 2 is 1.27 bits per heavy atom. The van der Waals surface area contributed by atoms with Crippen molar-refractivity contribution in [2.24, 2.45) is 0 Å². The van der Waals surface area contributed by atoms with Crippen molar-refractivity contribution in [1.29, 1.82) is 0 Å². The predicted octanol–water partition coefficient (Wildman–Crippen LogP) is 4.85. The third-order valence-corrected chi connectivity index (χ3v) is 10.2. The summed E-state index contributed by atoms with van der Waals surface area (Å²) in [4.78, 5) is 26.0. The maximum atomic E-state index is 13.5. The number of nitrogens with one attached hydrogen (secondary N) is 2. The summed E-state index contributed by atoms with van der Waals surface area (Å²) in [6.45, 7) is 1.38. The zero-order valence-electron chi connectivity index (χ0n) is 32.7. The fourth-order valence-electron chi connectivity index (χ4n) is 6.84. The van der Waals surface area contributed by atoms with E-state index in [2.05, 4.69) is 23.3 Å². The highest BCUT2D eigenvalue weighted by molar-refractivity contribution is 7.80. The second kappa shape index (κ2) is 25.9. The highest BCUT2D eigenvalue weighted by atomic mass is 32.1. The summed E-state index contributed by atoms with van der Waals surface area (Å²) in [5.41, 5.74) is 4.01. The van der Waals surface area contributed by atoms with Gasteiger partial charge in [0.2, 0.25) is 5.91 Å². The summed E-state index contributed by atoms with van der Waals surface area (Å²) in [6, 6.07) is 20.2. The average Bonchev–Trinajstić information content (AvgIpc) is 3.20. The van der Waals surface area contributed by atoms with Gasteiger partial charge in [0.05, 0.1) is 16.7 Å². The van der Waals surface area contributed by atoms with Gasteiger partial charge in [0.15, 0.2) is 37.9 Å². The summed E-state index contributed by atoms with van der Waals surface area (Å²) in [5, 5.41) is 35.1. The van der Waals surface area contributed by atoms with Gasteiger partial charge in [-0.25, -0.2) is 4.57 Å². The number of nitrogens with zero attached hydrogens (tertiary/aromatic N) is 2. The Kier molecular flexibility index (Phi) is 20.6. The zero-order chi connectivity index (χ0) is 39.8. The number of hydrogen-bond acceptors (Lipinski definition) is 7. The number of carbonyl (C=O) groups excluding carboxylic acids is 2. The van der Waals surface area contributed by atoms with Crippen molar-refractivity contribution in [2.45, 2.75) is 103 Å². The molecule has 56 heavy (non-hydrogen) atoms. The van der Waals surface area contributed by atoms with Crippen molar-refractivity contribution < 1.29 is 38.4 Å². The zero-order valence-corrected chi connectivity index (χ0v) is 33.6. The van der Waals surface area contributed by atoms with Crippen LogP contribution in [0, 0.1) is 0 Å². The quantitative estimate of drug-likeness (QED) is 0.0222. The number of amides is 2. The third kappa shape index (κ3) is 16.1. The fraction of sp³-hybridized carbons (Fsp3) is 0.442. The average molecular weight is 782 g/mol. The Labute approximate surface area is 339 Å². The number of para-hydroxylation sites is 1. The molecule has 4 rings (SSSR count). The first-order chi connectivity index (χ1) is 27.4. The Bertz CT molecular complexity index is 1780. The molecule has 2 heterocycles. The minimum Gasteiger partial charge on any atom is -0.537 e. The normalized spacial score (nSPS) is 10.9. The van der Waals surface area contributed by atoms with Gasteiger partial charge in [0, 0.05) is 31.1 Å². The van der Waals surface area contributed by atoms with Gasteiger partial charge in [-0.2, -0.15) is 17.2 Å². The number of aromatic nitrogens is 2. The molecule has 2 amide bonds. The third-order valence-electron chi connectivity index (χ3n) is 9.86. The molecule has 0 aliphatic heterocycles. The van der Waals surface area contributed by atoms with Crippen LogP contribution in [0.15, 0.2) is 91.5 Å². The molecule has 2 aromatic heterocycles. The molecule has 2 aromatic carbocycles. The van der Waals surface area contributed by atoms with E-state index in [1.807, 2.05) is 76.3 Å². The predicted molar refractivity (Wildman–Crippen MR) is 226 cm³/mol. The van der Waals surface area contributed by atoms with Gasteiger partial charge in [-0.15, -0.1) is 0 Å². The number of unbranched alkanes of at least 4 members (excludes halogenated alkanes) is 12. The molecular weight excluding hydrogens is 722 g/mol. The van der Waals surface area contributed by atoms with Crippen molar-refractivity contribution in [3.05, 3.63) is 108 Å². The molecule has 4 aromatic rings. The van der Waals surface area contributed by atoms with Gasteiger partial charge in [-0.3, -0.25) is 9.59 Å². The number of hydrogen-bond donors (Lipinski definition) is 6. The van der Waals surface area contributed by atoms with E-state index in [9.17, 15) is 24.7 Å². The fourth-order valence-corrected chi connectivity index (χ4v) is 7.06. The van der Waals surface area contributed by atoms with Crippen LogP contribution in [0.2, 0.25) is 0 Å². The Balaban J connectivity index is 1.29. The van der Waals surface area contributed by atoms with Gasteiger partial charge < -0.3 is 30.4 Å². The van der Waals surface area contributed by atoms with E-state index in [0.717, 1.165) is 41.7 Å². The second-order valence-electron chi connectivity index (χ2n) is 14.3. The van der Waals surface area contributed by atoms with Crippen LogP contribution in [0.3, 0.4) is 0 Å². The van der Waals surface area contributed by atoms with Crippen LogP contribution < -0.4 is 29.9 Å². The van der Waals surface area contributed by atoms with E-state index in [4.69, 9.17) is 4.65 Å². The van der Waals surface area contributed by atoms with Crippen molar-refractivity contribution in [3.63, 3.8) is 0 Å². The van der Waals surface area contributed by atoms with Gasteiger partial charge in [-0.1, -0.05) is 107 Å². The van der Waals surface area contributed by atoms with Crippen LogP contribution in [0.1, 0.15) is 111 Å². The highest BCUT2D eigenvalue weighted by Crippen LogP contribution is 2.20. The standard InChI is InChI=1S/C43H57B2N4O6S/c50-42(24-12-10-8-6-4-2-1-3-5-7-9-11-17-28-56)46-25-26-47-43(51)39-29-38(33-49(34-39)31-36-19-13-15-22-40(36)45(53)54)35-21-18-27-48(30-35)32-37-20-14-16-23-41(37)55-44-52/h13-16,18-23,27,29-30,33-34,52-54H,1-12,17,24-26,28,31-32H2,(H-2,46,47,50,51,56)/p+2. The van der Waals surface area contributed by atoms with Crippen molar-refractivity contribution in [2.75, 3.05) is 18.8 Å². The van der Waals surface area contributed by atoms with Gasteiger partial charge in [0.25, 0.3) is 5.91 Å². The Hall–Kier alpha value is -4.16. The second-order valence-corrected chi connectivity index (χ2v) is 14.8. The SMILES string of the molecule is O=C(CCCCCCCCCCCCCCCS)NCCNC(=O)c1cc(-c2ccc[n+](Cc3ccccc3O[B]O)c2)c[n+](Cc2ccccc2B(O)O)c1. The van der Waals surface area contributed by atoms with Crippen molar-refractivity contribution >= 4 is 44.7 Å². The lowest BCUT2D eigenvalue weighted by molar-refractivity contribution is -0.689. The van der Waals surface area contributed by atoms with Crippen LogP contribution in [-0.4, -0.2) is 60.5 Å². The molecule has 0 atom stereocenters. The van der Waals surface area contributed by atoms with E-state index in [1.165, 1.54) is 64.2 Å². The van der Waals surface area contributed by atoms with E-state index < -0.39 is 7.12 Å². The van der Waals surface area contributed by atoms with Gasteiger partial charge in [-0.05, 0) is 48.3 Å². The Morgan fingerprint density at radius 3 is 1.95 bits per heavy atom. The first-order valence-electron chi connectivity index (χ1n) is 20.2. The minimum absolute atomic E-state index is 0.000691. The lowest BCUT2D eigenvalue weighted by Gasteiger charge is -2.10. The van der Waals surface area contributed by atoms with Crippen LogP contribution in [0.25, 0.3) is 11.1 Å². The number of thiol groups is 1. The van der Waals surface area contributed by atoms with Gasteiger partial charge in [0.1, 0.15) is 11.3 Å². The number of benzene rings is 2. The molecule has 0 spiro atoms. The first kappa shape index (κ1) is 44.6. The van der Waals surface area contributed by atoms with Crippen LogP contribution in [0.4, 0.5) is 0 Å². The van der Waals surface area contributed by atoms with Crippen molar-refractivity contribution in [1.82, 2.24) is 10.6 Å². The lowest BCUT2D eigenvalue weighted by atomic mass is 9.77. The smallest absolute Gasteiger partial charge is 0.537 e. The molecule has 10 nitrogen and oxygen atoms in total. The molecule has 0 aliphatic carbocycles. The van der Waals surface area contributed by atoms with Gasteiger partial charge >= 0.3 is 14.8 Å². The van der Waals surface area contributed by atoms with Crippen LogP contribution in [-0.2, 0) is 17.9 Å². The maximum absolute atomic E-state index is 13.5. The lowest BCUT2D eigenvalue weighted by Crippen LogP contribution is -2.42. The molecular formula is C43H59B2N4O6S+2. The molecule has 0 bridgehead atoms. The molecule has 0 aliphatic rings. The summed E-state index contributed by atoms with van der Waals surface area (Å²) in [5.74, 6) is 1.25. The monoisotopic (exact) mass is 781 g/mol. The molecule has 0 fully saturated rings. The number of carbonyl (C=O) groups is 2. The molecule has 13 heteroatoms. The number of pyridine rings is 2. The summed E-state index contributed by atoms with van der Waals surface area (Å²) in [6.07, 6.45) is 24.2. The maximum Gasteiger partial charge on any atom is 0.569 e. The molecule has 0 saturated heterocycles. The summed E-state index contributed by atoms with van der Waals surface area (Å²) >= 11 is 4.27. The molecule has 0 saturated carbocycles. The summed E-state index contributed by atoms with van der Waals surface area (Å²) < 4.78 is 9.13. The van der Waals surface area contributed by atoms with Crippen LogP contribution >= 0.6 is 12.6 Å². The van der Waals surface area contributed by atoms with E-state index in [-0.39, 0.29) is 18.4 Å². The van der Waals surface area contributed by atoms with E-state index in [1.54, 1.807) is 24.4 Å². The molecule has 5 N–H and O–H groups in total. The topological polar surface area (TPSA) is 136 Å². The largest absolute Gasteiger partial charge is 0.569 e. The highest BCUT2D eigenvalue weighted by Gasteiger charge is 2.21. The Morgan fingerprint density at radius 1 is 0.679 bits per heavy atom. The summed E-state index contributed by atoms with van der Waals surface area (Å²) in [7, 11) is -0.971. The number of rotatable bonds is 27.